The molecule has 0 aromatic carbocycles. The van der Waals surface area contributed by atoms with E-state index in [9.17, 15) is 14.4 Å². The molecule has 0 N–H and O–H groups in total. The summed E-state index contributed by atoms with van der Waals surface area (Å²) in [5.41, 5.74) is 0. The van der Waals surface area contributed by atoms with E-state index in [1.807, 2.05) is 6.08 Å². The molecule has 76 heavy (non-hydrogen) atoms. The van der Waals surface area contributed by atoms with Crippen molar-refractivity contribution in [3.05, 3.63) is 48.6 Å². The van der Waals surface area contributed by atoms with Crippen molar-refractivity contribution in [1.82, 2.24) is 0 Å². The summed E-state index contributed by atoms with van der Waals surface area (Å²) in [6.07, 6.45) is 81.6. The average Bonchev–Trinajstić information content (AvgIpc) is 3.42. The molecule has 0 aliphatic carbocycles. The molecule has 0 radical (unpaired) electrons. The van der Waals surface area contributed by atoms with Gasteiger partial charge in [-0.2, -0.15) is 0 Å². The van der Waals surface area contributed by atoms with Crippen molar-refractivity contribution in [1.29, 1.82) is 0 Å². The van der Waals surface area contributed by atoms with Crippen LogP contribution in [0.3, 0.4) is 0 Å². The fourth-order valence-electron chi connectivity index (χ4n) is 10.1. The minimum Gasteiger partial charge on any atom is -0.462 e. The van der Waals surface area contributed by atoms with Gasteiger partial charge in [-0.25, -0.2) is 0 Å². The summed E-state index contributed by atoms with van der Waals surface area (Å²) < 4.78 is 16.9. The highest BCUT2D eigenvalue weighted by atomic mass is 16.6. The number of unbranched alkanes of at least 4 members (excludes halogenated alkanes) is 43. The van der Waals surface area contributed by atoms with Gasteiger partial charge in [-0.15, -0.1) is 0 Å². The third-order valence-electron chi connectivity index (χ3n) is 15.1. The van der Waals surface area contributed by atoms with E-state index in [0.717, 1.165) is 64.2 Å². The molecule has 0 saturated carbocycles. The van der Waals surface area contributed by atoms with Gasteiger partial charge in [-0.3, -0.25) is 14.4 Å². The first kappa shape index (κ1) is 73.4. The molecule has 6 heteroatoms. The van der Waals surface area contributed by atoms with Crippen LogP contribution >= 0.6 is 0 Å². The fraction of sp³-hybridized carbons (Fsp3) is 0.843. The molecular formula is C70H128O6. The molecule has 0 heterocycles. The SMILES string of the molecule is CC/C=C\C/C=C\C/C=C\C/C=C\CCC(=O)OCC(COC(=O)CCCCCCCCCCCCCCCCCCCCCCCCCCCCC)OC(=O)CCCCCCCCCCCCCCCCCCCC. The molecule has 0 fully saturated rings. The summed E-state index contributed by atoms with van der Waals surface area (Å²) >= 11 is 0. The van der Waals surface area contributed by atoms with Crippen molar-refractivity contribution in [3.63, 3.8) is 0 Å². The van der Waals surface area contributed by atoms with Gasteiger partial charge in [0.05, 0.1) is 0 Å². The molecule has 0 spiro atoms. The van der Waals surface area contributed by atoms with Gasteiger partial charge in [0.2, 0.25) is 0 Å². The average molecular weight is 1070 g/mol. The van der Waals surface area contributed by atoms with Crippen molar-refractivity contribution >= 4 is 17.9 Å². The van der Waals surface area contributed by atoms with E-state index in [0.29, 0.717) is 19.3 Å². The van der Waals surface area contributed by atoms with Crippen LogP contribution in [-0.4, -0.2) is 37.2 Å². The Bertz CT molecular complexity index is 1310. The van der Waals surface area contributed by atoms with Crippen molar-refractivity contribution in [3.8, 4) is 0 Å². The predicted octanol–water partition coefficient (Wildman–Crippen LogP) is 22.9. The topological polar surface area (TPSA) is 78.9 Å². The molecule has 1 unspecified atom stereocenters. The highest BCUT2D eigenvalue weighted by Gasteiger charge is 2.19. The minimum absolute atomic E-state index is 0.0899. The van der Waals surface area contributed by atoms with Gasteiger partial charge in [0, 0.05) is 19.3 Å². The van der Waals surface area contributed by atoms with Crippen LogP contribution in [0.2, 0.25) is 0 Å². The monoisotopic (exact) mass is 1060 g/mol. The Morgan fingerprint density at radius 1 is 0.276 bits per heavy atom. The molecule has 444 valence electrons. The van der Waals surface area contributed by atoms with Gasteiger partial charge in [0.25, 0.3) is 0 Å². The molecule has 0 amide bonds. The van der Waals surface area contributed by atoms with E-state index in [4.69, 9.17) is 14.2 Å². The van der Waals surface area contributed by atoms with Crippen LogP contribution in [0.1, 0.15) is 361 Å². The molecule has 0 aromatic rings. The van der Waals surface area contributed by atoms with Crippen molar-refractivity contribution in [2.75, 3.05) is 13.2 Å². The van der Waals surface area contributed by atoms with Crippen molar-refractivity contribution in [2.24, 2.45) is 0 Å². The summed E-state index contributed by atoms with van der Waals surface area (Å²) in [5, 5.41) is 0. The lowest BCUT2D eigenvalue weighted by atomic mass is 10.0. The third kappa shape index (κ3) is 62.2. The molecule has 1 atom stereocenters. The maximum atomic E-state index is 12.9. The molecule has 0 rings (SSSR count). The van der Waals surface area contributed by atoms with Gasteiger partial charge in [0.1, 0.15) is 13.2 Å². The molecule has 0 aromatic heterocycles. The largest absolute Gasteiger partial charge is 0.462 e. The fourth-order valence-corrected chi connectivity index (χ4v) is 10.1. The summed E-state index contributed by atoms with van der Waals surface area (Å²) in [4.78, 5) is 38.3. The normalized spacial score (nSPS) is 12.3. The van der Waals surface area contributed by atoms with Gasteiger partial charge < -0.3 is 14.2 Å². The first-order valence-electron chi connectivity index (χ1n) is 33.6. The zero-order chi connectivity index (χ0) is 55.0. The molecule has 0 bridgehead atoms. The summed E-state index contributed by atoms with van der Waals surface area (Å²) in [7, 11) is 0. The lowest BCUT2D eigenvalue weighted by molar-refractivity contribution is -0.166. The Kier molecular flexibility index (Phi) is 62.6. The van der Waals surface area contributed by atoms with E-state index < -0.39 is 6.10 Å². The number of carbonyl (C=O) groups excluding carboxylic acids is 3. The Hall–Kier alpha value is -2.63. The van der Waals surface area contributed by atoms with Crippen LogP contribution in [-0.2, 0) is 28.6 Å². The molecule has 0 aliphatic heterocycles. The maximum absolute atomic E-state index is 12.9. The number of hydrogen-bond donors (Lipinski definition) is 0. The van der Waals surface area contributed by atoms with Crippen LogP contribution in [0.15, 0.2) is 48.6 Å². The van der Waals surface area contributed by atoms with Crippen LogP contribution in [0.5, 0.6) is 0 Å². The van der Waals surface area contributed by atoms with Crippen LogP contribution < -0.4 is 0 Å². The summed E-state index contributed by atoms with van der Waals surface area (Å²) in [6, 6.07) is 0. The van der Waals surface area contributed by atoms with Gasteiger partial charge in [-0.1, -0.05) is 345 Å². The first-order chi connectivity index (χ1) is 37.5. The number of hydrogen-bond acceptors (Lipinski definition) is 6. The number of carbonyl (C=O) groups is 3. The standard InChI is InChI=1S/C70H128O6/c1-4-7-10-13-16-19-22-25-27-29-31-32-33-34-35-36-37-38-39-41-42-45-48-51-54-57-60-63-69(72)75-66-67(65-74-68(71)62-59-56-53-50-47-44-24-21-18-15-12-9-6-3)76-70(73)64-61-58-55-52-49-46-43-40-30-28-26-23-20-17-14-11-8-5-2/h9,12,18,21,44,47,53,56,67H,4-8,10-11,13-17,19-20,22-43,45-46,48-52,54-55,57-66H2,1-3H3/b12-9-,21-18-,47-44-,56-53-. The highest BCUT2D eigenvalue weighted by molar-refractivity contribution is 5.71. The number of ether oxygens (including phenoxy) is 3. The zero-order valence-corrected chi connectivity index (χ0v) is 51.0. The zero-order valence-electron chi connectivity index (χ0n) is 51.0. The molecular weight excluding hydrogens is 937 g/mol. The quantitative estimate of drug-likeness (QED) is 0.0261. The second kappa shape index (κ2) is 64.9. The summed E-state index contributed by atoms with van der Waals surface area (Å²) in [5.74, 6) is -0.951. The van der Waals surface area contributed by atoms with Crippen molar-refractivity contribution in [2.45, 2.75) is 367 Å². The number of rotatable bonds is 62. The Morgan fingerprint density at radius 2 is 0.513 bits per heavy atom. The number of allylic oxidation sites excluding steroid dienone is 8. The van der Waals surface area contributed by atoms with E-state index in [1.54, 1.807) is 0 Å². The lowest BCUT2D eigenvalue weighted by Gasteiger charge is -2.18. The first-order valence-corrected chi connectivity index (χ1v) is 33.6. The summed E-state index contributed by atoms with van der Waals surface area (Å²) in [6.45, 7) is 6.53. The van der Waals surface area contributed by atoms with Gasteiger partial charge in [0.15, 0.2) is 6.10 Å². The Labute approximate surface area is 473 Å². The van der Waals surface area contributed by atoms with E-state index >= 15 is 0 Å². The predicted molar refractivity (Wildman–Crippen MR) is 330 cm³/mol. The van der Waals surface area contributed by atoms with E-state index in [1.165, 1.54) is 250 Å². The number of esters is 3. The minimum atomic E-state index is -0.799. The Balaban J connectivity index is 4.23. The van der Waals surface area contributed by atoms with E-state index in [2.05, 4.69) is 63.3 Å². The smallest absolute Gasteiger partial charge is 0.306 e. The molecule has 0 saturated heterocycles. The highest BCUT2D eigenvalue weighted by Crippen LogP contribution is 2.18. The molecule has 6 nitrogen and oxygen atoms in total. The Morgan fingerprint density at radius 3 is 0.803 bits per heavy atom. The lowest BCUT2D eigenvalue weighted by Crippen LogP contribution is -2.30. The second-order valence-corrected chi connectivity index (χ2v) is 22.7. The van der Waals surface area contributed by atoms with Gasteiger partial charge in [-0.05, 0) is 44.9 Å². The van der Waals surface area contributed by atoms with Crippen LogP contribution in [0.4, 0.5) is 0 Å². The van der Waals surface area contributed by atoms with Crippen LogP contribution in [0.25, 0.3) is 0 Å². The third-order valence-corrected chi connectivity index (χ3v) is 15.1. The van der Waals surface area contributed by atoms with E-state index in [-0.39, 0.29) is 37.5 Å². The van der Waals surface area contributed by atoms with Crippen molar-refractivity contribution < 1.29 is 28.6 Å². The second-order valence-electron chi connectivity index (χ2n) is 22.7. The maximum Gasteiger partial charge on any atom is 0.306 e. The van der Waals surface area contributed by atoms with Crippen LogP contribution in [0, 0.1) is 0 Å². The van der Waals surface area contributed by atoms with Gasteiger partial charge >= 0.3 is 17.9 Å². The molecule has 0 aliphatic rings.